The van der Waals surface area contributed by atoms with Crippen molar-refractivity contribution in [2.45, 2.75) is 29.4 Å². The molecule has 0 saturated heterocycles. The third-order valence-corrected chi connectivity index (χ3v) is 6.31. The minimum absolute atomic E-state index is 0.0339. The number of fused-ring (bicyclic) bond motifs is 1. The van der Waals surface area contributed by atoms with Crippen molar-refractivity contribution in [1.82, 2.24) is 4.90 Å². The Morgan fingerprint density at radius 1 is 0.815 bits per heavy atom. The molecule has 0 saturated carbocycles. The Balaban J connectivity index is 1.59. The van der Waals surface area contributed by atoms with Crippen LogP contribution in [0.5, 0.6) is 0 Å². The Morgan fingerprint density at radius 2 is 1.33 bits per heavy atom. The van der Waals surface area contributed by atoms with Gasteiger partial charge >= 0.3 is 5.25 Å². The quantitative estimate of drug-likeness (QED) is 0.533. The molecule has 3 rings (SSSR count). The van der Waals surface area contributed by atoms with E-state index >= 15 is 0 Å². The third kappa shape index (κ3) is 3.49. The summed E-state index contributed by atoms with van der Waals surface area (Å²) in [6.07, 6.45) is -0.939. The second kappa shape index (κ2) is 7.19. The van der Waals surface area contributed by atoms with E-state index in [4.69, 9.17) is 0 Å². The van der Waals surface area contributed by atoms with Crippen LogP contribution >= 0.6 is 0 Å². The molecule has 1 aliphatic heterocycles. The fraction of sp³-hybridized carbons (Fsp3) is 0.263. The number of rotatable bonds is 7. The van der Waals surface area contributed by atoms with Gasteiger partial charge in [-0.1, -0.05) is 30.3 Å². The number of carbonyl (C=O) groups is 2. The molecule has 0 atom stereocenters. The van der Waals surface area contributed by atoms with Gasteiger partial charge in [0.15, 0.2) is 0 Å². The Bertz CT molecular complexity index is 939. The maximum Gasteiger partial charge on any atom is 0.350 e. The maximum atomic E-state index is 14.2. The lowest BCUT2D eigenvalue weighted by molar-refractivity contribution is 0.0635. The van der Waals surface area contributed by atoms with E-state index in [1.807, 2.05) is 0 Å². The molecule has 0 radical (unpaired) electrons. The molecule has 0 bridgehead atoms. The van der Waals surface area contributed by atoms with Crippen LogP contribution in [0.15, 0.2) is 59.5 Å². The smallest absolute Gasteiger partial charge is 0.274 e. The van der Waals surface area contributed by atoms with Crippen LogP contribution in [0.4, 0.5) is 8.78 Å². The lowest BCUT2D eigenvalue weighted by atomic mass is 10.1. The summed E-state index contributed by atoms with van der Waals surface area (Å²) in [6.45, 7) is -0.0339. The standard InChI is InChI=1S/C19H17F2NO4S/c20-19(21,27(25,26)14-8-2-1-3-9-14)12-6-7-13-22-17(23)15-10-4-5-11-16(15)18(22)24/h1-5,8-11H,6-7,12-13H2. The van der Waals surface area contributed by atoms with Crippen molar-refractivity contribution >= 4 is 21.7 Å². The van der Waals surface area contributed by atoms with E-state index in [1.54, 1.807) is 18.2 Å². The van der Waals surface area contributed by atoms with Gasteiger partial charge in [0.2, 0.25) is 9.84 Å². The number of nitrogens with zero attached hydrogens (tertiary/aromatic N) is 1. The minimum Gasteiger partial charge on any atom is -0.274 e. The molecule has 2 amide bonds. The SMILES string of the molecule is O=C1c2ccccc2C(=O)N1CCCCC(F)(F)S(=O)(=O)c1ccccc1. The summed E-state index contributed by atoms with van der Waals surface area (Å²) in [5.41, 5.74) is 0.582. The highest BCUT2D eigenvalue weighted by Gasteiger charge is 2.45. The Morgan fingerprint density at radius 3 is 1.89 bits per heavy atom. The number of carbonyl (C=O) groups excluding carboxylic acids is 2. The molecule has 0 N–H and O–H groups in total. The maximum absolute atomic E-state index is 14.2. The number of sulfone groups is 1. The van der Waals surface area contributed by atoms with Gasteiger partial charge in [-0.3, -0.25) is 14.5 Å². The van der Waals surface area contributed by atoms with Gasteiger partial charge in [0.25, 0.3) is 11.8 Å². The van der Waals surface area contributed by atoms with Gasteiger partial charge in [0.05, 0.1) is 16.0 Å². The van der Waals surface area contributed by atoms with Gasteiger partial charge in [0, 0.05) is 13.0 Å². The van der Waals surface area contributed by atoms with Gasteiger partial charge < -0.3 is 0 Å². The average Bonchev–Trinajstić information content (AvgIpc) is 2.90. The van der Waals surface area contributed by atoms with Crippen molar-refractivity contribution in [3.05, 3.63) is 65.7 Å². The summed E-state index contributed by atoms with van der Waals surface area (Å²) >= 11 is 0. The molecule has 2 aromatic rings. The van der Waals surface area contributed by atoms with E-state index in [-0.39, 0.29) is 19.4 Å². The normalized spacial score (nSPS) is 14.5. The number of hydrogen-bond acceptors (Lipinski definition) is 4. The van der Waals surface area contributed by atoms with Gasteiger partial charge in [-0.25, -0.2) is 8.42 Å². The largest absolute Gasteiger partial charge is 0.350 e. The van der Waals surface area contributed by atoms with Crippen LogP contribution in [0.25, 0.3) is 0 Å². The molecule has 0 spiro atoms. The molecule has 0 unspecified atom stereocenters. The Kier molecular flexibility index (Phi) is 5.10. The lowest BCUT2D eigenvalue weighted by Gasteiger charge is -2.18. The highest BCUT2D eigenvalue weighted by atomic mass is 32.2. The summed E-state index contributed by atoms with van der Waals surface area (Å²) in [5.74, 6) is -0.918. The van der Waals surface area contributed by atoms with Crippen molar-refractivity contribution in [2.24, 2.45) is 0 Å². The van der Waals surface area contributed by atoms with Crippen LogP contribution in [0.3, 0.4) is 0 Å². The monoisotopic (exact) mass is 393 g/mol. The first-order valence-corrected chi connectivity index (χ1v) is 9.87. The minimum atomic E-state index is -4.78. The first-order valence-electron chi connectivity index (χ1n) is 8.38. The fourth-order valence-electron chi connectivity index (χ4n) is 2.95. The molecule has 142 valence electrons. The van der Waals surface area contributed by atoms with Crippen molar-refractivity contribution in [3.63, 3.8) is 0 Å². The fourth-order valence-corrected chi connectivity index (χ4v) is 4.22. The van der Waals surface area contributed by atoms with Crippen LogP contribution in [0.2, 0.25) is 0 Å². The average molecular weight is 393 g/mol. The van der Waals surface area contributed by atoms with Crippen LogP contribution in [-0.2, 0) is 9.84 Å². The van der Waals surface area contributed by atoms with Crippen molar-refractivity contribution in [2.75, 3.05) is 6.54 Å². The lowest BCUT2D eigenvalue weighted by Crippen LogP contribution is -2.32. The zero-order chi connectivity index (χ0) is 19.7. The molecule has 1 aliphatic rings. The molecular formula is C19H17F2NO4S. The van der Waals surface area contributed by atoms with E-state index in [0.29, 0.717) is 11.1 Å². The predicted octanol–water partition coefficient (Wildman–Crippen LogP) is 3.52. The highest BCUT2D eigenvalue weighted by Crippen LogP contribution is 2.33. The second-order valence-corrected chi connectivity index (χ2v) is 8.29. The van der Waals surface area contributed by atoms with Crippen LogP contribution in [0, 0.1) is 0 Å². The summed E-state index contributed by atoms with van der Waals surface area (Å²) in [4.78, 5) is 25.0. The number of benzene rings is 2. The van der Waals surface area contributed by atoms with Gasteiger partial charge in [-0.15, -0.1) is 0 Å². The molecule has 5 nitrogen and oxygen atoms in total. The van der Waals surface area contributed by atoms with Crippen molar-refractivity contribution in [3.8, 4) is 0 Å². The molecule has 2 aromatic carbocycles. The number of unbranched alkanes of at least 4 members (excludes halogenated alkanes) is 1. The number of hydrogen-bond donors (Lipinski definition) is 0. The second-order valence-electron chi connectivity index (χ2n) is 6.22. The summed E-state index contributed by atoms with van der Waals surface area (Å²) in [5, 5.41) is -3.92. The first kappa shape index (κ1) is 19.2. The predicted molar refractivity (Wildman–Crippen MR) is 94.2 cm³/mol. The summed E-state index contributed by atoms with van der Waals surface area (Å²) in [6, 6.07) is 12.9. The molecule has 0 aromatic heterocycles. The molecule has 0 aliphatic carbocycles. The third-order valence-electron chi connectivity index (χ3n) is 4.42. The number of imide groups is 1. The molecule has 8 heteroatoms. The van der Waals surface area contributed by atoms with Crippen molar-refractivity contribution < 1.29 is 26.8 Å². The van der Waals surface area contributed by atoms with Crippen molar-refractivity contribution in [1.29, 1.82) is 0 Å². The van der Waals surface area contributed by atoms with Gasteiger partial charge in [0.1, 0.15) is 0 Å². The van der Waals surface area contributed by atoms with Gasteiger partial charge in [-0.2, -0.15) is 8.78 Å². The topological polar surface area (TPSA) is 71.5 Å². The summed E-state index contributed by atoms with van der Waals surface area (Å²) in [7, 11) is -4.78. The zero-order valence-electron chi connectivity index (χ0n) is 14.3. The van der Waals surface area contributed by atoms with E-state index in [0.717, 1.165) is 17.0 Å². The van der Waals surface area contributed by atoms with Crippen LogP contribution in [0.1, 0.15) is 40.0 Å². The first-order chi connectivity index (χ1) is 12.8. The van der Waals surface area contributed by atoms with E-state index < -0.39 is 38.2 Å². The molecule has 1 heterocycles. The summed E-state index contributed by atoms with van der Waals surface area (Å²) < 4.78 is 52.6. The van der Waals surface area contributed by atoms with E-state index in [2.05, 4.69) is 0 Å². The van der Waals surface area contributed by atoms with Crippen LogP contribution < -0.4 is 0 Å². The zero-order valence-corrected chi connectivity index (χ0v) is 15.1. The molecule has 0 fully saturated rings. The Labute approximate surface area is 155 Å². The number of amides is 2. The number of halogens is 2. The van der Waals surface area contributed by atoms with E-state index in [1.165, 1.54) is 24.3 Å². The molecular weight excluding hydrogens is 376 g/mol. The molecule has 27 heavy (non-hydrogen) atoms. The number of alkyl halides is 2. The van der Waals surface area contributed by atoms with Gasteiger partial charge in [-0.05, 0) is 37.1 Å². The highest BCUT2D eigenvalue weighted by molar-refractivity contribution is 7.92. The Hall–Kier alpha value is -2.61. The van der Waals surface area contributed by atoms with Crippen LogP contribution in [-0.4, -0.2) is 36.9 Å². The van der Waals surface area contributed by atoms with E-state index in [9.17, 15) is 26.8 Å².